The number of pyridine rings is 1. The van der Waals surface area contributed by atoms with Crippen molar-refractivity contribution in [1.82, 2.24) is 4.98 Å². The van der Waals surface area contributed by atoms with Crippen LogP contribution in [-0.2, 0) is 15.6 Å². The van der Waals surface area contributed by atoms with Gasteiger partial charge in [0.2, 0.25) is 0 Å². The second kappa shape index (κ2) is 5.75. The van der Waals surface area contributed by atoms with Gasteiger partial charge in [-0.1, -0.05) is 6.92 Å². The van der Waals surface area contributed by atoms with Crippen molar-refractivity contribution in [2.45, 2.75) is 12.7 Å². The average molecular weight is 253 g/mol. The van der Waals surface area contributed by atoms with Crippen molar-refractivity contribution in [1.29, 1.82) is 5.26 Å². The first-order chi connectivity index (χ1) is 7.96. The van der Waals surface area contributed by atoms with Gasteiger partial charge in [-0.3, -0.25) is 0 Å². The Hall–Kier alpha value is -1.45. The van der Waals surface area contributed by atoms with Crippen molar-refractivity contribution in [2.24, 2.45) is 11.7 Å². The molecule has 17 heavy (non-hydrogen) atoms. The molecule has 1 atom stereocenters. The highest BCUT2D eigenvalue weighted by atomic mass is 32.2. The maximum atomic E-state index is 11.8. The molecule has 5 nitrogen and oxygen atoms in total. The van der Waals surface area contributed by atoms with Crippen LogP contribution in [0.15, 0.2) is 18.3 Å². The van der Waals surface area contributed by atoms with Gasteiger partial charge in [0.25, 0.3) is 0 Å². The Balaban J connectivity index is 2.80. The summed E-state index contributed by atoms with van der Waals surface area (Å²) in [7, 11) is -3.19. The minimum atomic E-state index is -3.19. The Labute approximate surface area is 101 Å². The van der Waals surface area contributed by atoms with Crippen LogP contribution in [0.2, 0.25) is 0 Å². The second-order valence-corrected chi connectivity index (χ2v) is 6.17. The summed E-state index contributed by atoms with van der Waals surface area (Å²) in [6.07, 6.45) is 1.44. The van der Waals surface area contributed by atoms with Crippen molar-refractivity contribution in [3.8, 4) is 6.07 Å². The van der Waals surface area contributed by atoms with Crippen LogP contribution in [0, 0.1) is 17.2 Å². The number of nitrogens with two attached hydrogens (primary N) is 1. The van der Waals surface area contributed by atoms with Gasteiger partial charge in [-0.2, -0.15) is 5.26 Å². The molecule has 0 bridgehead atoms. The van der Waals surface area contributed by atoms with E-state index in [4.69, 9.17) is 11.0 Å². The van der Waals surface area contributed by atoms with E-state index in [1.807, 2.05) is 6.07 Å². The highest BCUT2D eigenvalue weighted by Crippen LogP contribution is 2.10. The van der Waals surface area contributed by atoms with E-state index in [0.717, 1.165) is 0 Å². The molecule has 0 amide bonds. The zero-order valence-corrected chi connectivity index (χ0v) is 10.4. The first-order valence-electron chi connectivity index (χ1n) is 5.22. The van der Waals surface area contributed by atoms with Crippen molar-refractivity contribution >= 4 is 9.84 Å². The Morgan fingerprint density at radius 1 is 1.59 bits per heavy atom. The van der Waals surface area contributed by atoms with Crippen molar-refractivity contribution in [2.75, 3.05) is 12.3 Å². The summed E-state index contributed by atoms with van der Waals surface area (Å²) < 4.78 is 23.6. The summed E-state index contributed by atoms with van der Waals surface area (Å²) in [6, 6.07) is 4.97. The van der Waals surface area contributed by atoms with Gasteiger partial charge in [0.15, 0.2) is 9.84 Å². The highest BCUT2D eigenvalue weighted by molar-refractivity contribution is 7.90. The van der Waals surface area contributed by atoms with Gasteiger partial charge in [0, 0.05) is 6.20 Å². The molecule has 0 aliphatic heterocycles. The third-order valence-corrected chi connectivity index (χ3v) is 4.12. The van der Waals surface area contributed by atoms with Crippen molar-refractivity contribution < 1.29 is 8.42 Å². The largest absolute Gasteiger partial charge is 0.330 e. The second-order valence-electron chi connectivity index (χ2n) is 4.06. The SMILES string of the molecule is CC(CN)CS(=O)(=O)Cc1ccnc(C#N)c1. The molecule has 1 unspecified atom stereocenters. The lowest BCUT2D eigenvalue weighted by Gasteiger charge is -2.09. The number of nitriles is 1. The molecule has 0 saturated carbocycles. The molecule has 2 N–H and O–H groups in total. The highest BCUT2D eigenvalue weighted by Gasteiger charge is 2.16. The summed E-state index contributed by atoms with van der Waals surface area (Å²) >= 11 is 0. The van der Waals surface area contributed by atoms with Gasteiger partial charge >= 0.3 is 0 Å². The zero-order chi connectivity index (χ0) is 12.9. The number of hydrogen-bond acceptors (Lipinski definition) is 5. The van der Waals surface area contributed by atoms with Crippen LogP contribution in [-0.4, -0.2) is 25.7 Å². The monoisotopic (exact) mass is 253 g/mol. The van der Waals surface area contributed by atoms with Crippen LogP contribution in [0.4, 0.5) is 0 Å². The lowest BCUT2D eigenvalue weighted by molar-refractivity contribution is 0.573. The van der Waals surface area contributed by atoms with E-state index < -0.39 is 9.84 Å². The van der Waals surface area contributed by atoms with E-state index >= 15 is 0 Å². The van der Waals surface area contributed by atoms with E-state index in [0.29, 0.717) is 12.1 Å². The zero-order valence-electron chi connectivity index (χ0n) is 9.63. The minimum Gasteiger partial charge on any atom is -0.330 e. The van der Waals surface area contributed by atoms with Crippen LogP contribution in [0.1, 0.15) is 18.2 Å². The molecular formula is C11H15N3O2S. The molecule has 0 aliphatic rings. The van der Waals surface area contributed by atoms with Crippen LogP contribution >= 0.6 is 0 Å². The molecule has 92 valence electrons. The smallest absolute Gasteiger partial charge is 0.154 e. The molecule has 0 spiro atoms. The van der Waals surface area contributed by atoms with Gasteiger partial charge in [0.05, 0.1) is 11.5 Å². The molecule has 0 radical (unpaired) electrons. The molecule has 1 aromatic heterocycles. The van der Waals surface area contributed by atoms with Crippen LogP contribution in [0.3, 0.4) is 0 Å². The maximum absolute atomic E-state index is 11.8. The molecule has 1 aromatic rings. The van der Waals surface area contributed by atoms with Gasteiger partial charge in [-0.15, -0.1) is 0 Å². The van der Waals surface area contributed by atoms with Gasteiger partial charge < -0.3 is 5.73 Å². The molecule has 0 fully saturated rings. The normalized spacial score (nSPS) is 13.0. The summed E-state index contributed by atoms with van der Waals surface area (Å²) in [5.74, 6) is -0.0697. The predicted molar refractivity (Wildman–Crippen MR) is 64.7 cm³/mol. The van der Waals surface area contributed by atoms with E-state index in [9.17, 15) is 8.42 Å². The number of sulfone groups is 1. The average Bonchev–Trinajstić information content (AvgIpc) is 2.27. The Kier molecular flexibility index (Phi) is 4.61. The van der Waals surface area contributed by atoms with Gasteiger partial charge in [-0.05, 0) is 30.2 Å². The van der Waals surface area contributed by atoms with Gasteiger partial charge in [-0.25, -0.2) is 13.4 Å². The van der Waals surface area contributed by atoms with E-state index in [-0.39, 0.29) is 23.1 Å². The van der Waals surface area contributed by atoms with E-state index in [2.05, 4.69) is 4.98 Å². The fraction of sp³-hybridized carbons (Fsp3) is 0.455. The third kappa shape index (κ3) is 4.51. The van der Waals surface area contributed by atoms with Gasteiger partial charge in [0.1, 0.15) is 11.8 Å². The first kappa shape index (κ1) is 13.6. The molecule has 6 heteroatoms. The first-order valence-corrected chi connectivity index (χ1v) is 7.04. The fourth-order valence-corrected chi connectivity index (χ4v) is 3.25. The molecule has 1 rings (SSSR count). The minimum absolute atomic E-state index is 0.0581. The number of aromatic nitrogens is 1. The Morgan fingerprint density at radius 3 is 2.88 bits per heavy atom. The Bertz CT molecular complexity index is 520. The quantitative estimate of drug-likeness (QED) is 0.822. The molecule has 0 saturated heterocycles. The summed E-state index contributed by atoms with van der Waals surface area (Å²) in [5.41, 5.74) is 6.21. The number of rotatable bonds is 5. The maximum Gasteiger partial charge on any atom is 0.154 e. The standard InChI is InChI=1S/C11H15N3O2S/c1-9(5-12)7-17(15,16)8-10-2-3-14-11(4-10)6-13/h2-4,9H,5,7-8,12H2,1H3. The molecular weight excluding hydrogens is 238 g/mol. The summed E-state index contributed by atoms with van der Waals surface area (Å²) in [5, 5.41) is 8.67. The van der Waals surface area contributed by atoms with E-state index in [1.165, 1.54) is 12.3 Å². The van der Waals surface area contributed by atoms with Crippen LogP contribution < -0.4 is 5.73 Å². The van der Waals surface area contributed by atoms with Crippen molar-refractivity contribution in [3.63, 3.8) is 0 Å². The fourth-order valence-electron chi connectivity index (χ4n) is 1.44. The van der Waals surface area contributed by atoms with Crippen LogP contribution in [0.25, 0.3) is 0 Å². The Morgan fingerprint density at radius 2 is 2.29 bits per heavy atom. The predicted octanol–water partition coefficient (Wildman–Crippen LogP) is 0.463. The number of nitrogens with zero attached hydrogens (tertiary/aromatic N) is 2. The lowest BCUT2D eigenvalue weighted by Crippen LogP contribution is -2.22. The molecule has 0 aromatic carbocycles. The van der Waals surface area contributed by atoms with Crippen molar-refractivity contribution in [3.05, 3.63) is 29.6 Å². The lowest BCUT2D eigenvalue weighted by atomic mass is 10.2. The third-order valence-electron chi connectivity index (χ3n) is 2.27. The summed E-state index contributed by atoms with van der Waals surface area (Å²) in [4.78, 5) is 3.79. The van der Waals surface area contributed by atoms with Crippen LogP contribution in [0.5, 0.6) is 0 Å². The topological polar surface area (TPSA) is 96.8 Å². The summed E-state index contributed by atoms with van der Waals surface area (Å²) in [6.45, 7) is 2.14. The molecule has 0 aliphatic carbocycles. The number of hydrogen-bond donors (Lipinski definition) is 1. The molecule has 1 heterocycles. The van der Waals surface area contributed by atoms with E-state index in [1.54, 1.807) is 13.0 Å².